The summed E-state index contributed by atoms with van der Waals surface area (Å²) < 4.78 is 0. The van der Waals surface area contributed by atoms with Crippen LogP contribution in [0.2, 0.25) is 0 Å². The van der Waals surface area contributed by atoms with Gasteiger partial charge in [0.2, 0.25) is 5.91 Å². The summed E-state index contributed by atoms with van der Waals surface area (Å²) in [6.45, 7) is 4.36. The zero-order chi connectivity index (χ0) is 15.3. The summed E-state index contributed by atoms with van der Waals surface area (Å²) in [5, 5.41) is 3.09. The molecule has 0 aliphatic carbocycles. The molecule has 0 spiro atoms. The highest BCUT2D eigenvalue weighted by Gasteiger charge is 2.31. The van der Waals surface area contributed by atoms with Gasteiger partial charge in [0.05, 0.1) is 12.1 Å². The van der Waals surface area contributed by atoms with Crippen LogP contribution in [0.1, 0.15) is 19.4 Å². The van der Waals surface area contributed by atoms with Crippen molar-refractivity contribution in [3.05, 3.63) is 66.2 Å². The molecule has 0 aromatic heterocycles. The third kappa shape index (κ3) is 3.70. The van der Waals surface area contributed by atoms with Gasteiger partial charge in [-0.2, -0.15) is 0 Å². The van der Waals surface area contributed by atoms with Gasteiger partial charge in [0.15, 0.2) is 0 Å². The molecule has 2 rings (SSSR count). The summed E-state index contributed by atoms with van der Waals surface area (Å²) >= 11 is 0. The second-order valence-corrected chi connectivity index (χ2v) is 5.59. The number of nitrogens with one attached hydrogen (secondary N) is 1. The number of likely N-dealkylation sites (N-methyl/N-ethyl adjacent to an activating group) is 1. The number of amides is 1. The van der Waals surface area contributed by atoms with Gasteiger partial charge >= 0.3 is 0 Å². The second kappa shape index (κ2) is 6.55. The first-order valence-electron chi connectivity index (χ1n) is 7.14. The van der Waals surface area contributed by atoms with Crippen molar-refractivity contribution in [2.45, 2.75) is 25.9 Å². The molecule has 0 atom stereocenters. The lowest BCUT2D eigenvalue weighted by molar-refractivity contribution is -0.123. The minimum absolute atomic E-state index is 0.0556. The minimum atomic E-state index is -0.607. The Hall–Kier alpha value is -2.13. The molecule has 0 aliphatic rings. The minimum Gasteiger partial charge on any atom is -0.307 e. The maximum absolute atomic E-state index is 12.9. The first kappa shape index (κ1) is 15.3. The number of hydrogen-bond donors (Lipinski definition) is 1. The molecule has 0 fully saturated rings. The lowest BCUT2D eigenvalue weighted by Gasteiger charge is -2.32. The van der Waals surface area contributed by atoms with Crippen molar-refractivity contribution >= 4 is 11.6 Å². The number of para-hydroxylation sites is 1. The van der Waals surface area contributed by atoms with E-state index in [1.54, 1.807) is 0 Å². The van der Waals surface area contributed by atoms with Gasteiger partial charge in [-0.1, -0.05) is 48.5 Å². The zero-order valence-electron chi connectivity index (χ0n) is 12.8. The molecule has 0 bridgehead atoms. The van der Waals surface area contributed by atoms with Crippen molar-refractivity contribution in [1.29, 1.82) is 0 Å². The highest BCUT2D eigenvalue weighted by atomic mass is 16.2. The van der Waals surface area contributed by atoms with Crippen LogP contribution >= 0.6 is 0 Å². The Morgan fingerprint density at radius 3 is 2.05 bits per heavy atom. The van der Waals surface area contributed by atoms with Crippen molar-refractivity contribution in [3.63, 3.8) is 0 Å². The average Bonchev–Trinajstić information content (AvgIpc) is 2.53. The molecule has 2 aromatic rings. The Balaban J connectivity index is 2.34. The Bertz CT molecular complexity index is 579. The van der Waals surface area contributed by atoms with Gasteiger partial charge in [-0.05, 0) is 38.6 Å². The fraction of sp³-hybridized carbons (Fsp3) is 0.278. The highest BCUT2D eigenvalue weighted by Crippen LogP contribution is 2.21. The number of benzene rings is 2. The predicted molar refractivity (Wildman–Crippen MR) is 87.2 cm³/mol. The largest absolute Gasteiger partial charge is 0.307 e. The van der Waals surface area contributed by atoms with Crippen LogP contribution in [0.15, 0.2) is 60.7 Å². The molecular weight excluding hydrogens is 260 g/mol. The van der Waals surface area contributed by atoms with Crippen LogP contribution in [0, 0.1) is 0 Å². The van der Waals surface area contributed by atoms with E-state index >= 15 is 0 Å². The van der Waals surface area contributed by atoms with Crippen molar-refractivity contribution in [2.24, 2.45) is 0 Å². The van der Waals surface area contributed by atoms with Crippen molar-refractivity contribution in [3.8, 4) is 0 Å². The molecule has 0 saturated heterocycles. The summed E-state index contributed by atoms with van der Waals surface area (Å²) in [7, 11) is 1.81. The van der Waals surface area contributed by atoms with Gasteiger partial charge in [0.1, 0.15) is 0 Å². The predicted octanol–water partition coefficient (Wildman–Crippen LogP) is 3.22. The van der Waals surface area contributed by atoms with Crippen LogP contribution in [0.3, 0.4) is 0 Å². The van der Waals surface area contributed by atoms with Crippen LogP contribution in [-0.4, -0.2) is 18.5 Å². The van der Waals surface area contributed by atoms with Gasteiger partial charge < -0.3 is 10.2 Å². The quantitative estimate of drug-likeness (QED) is 0.913. The SMILES string of the molecule is CNC(C)(C)C(=O)N(Cc1ccccc1)c1ccccc1. The number of carbonyl (C=O) groups excluding carboxylic acids is 1. The van der Waals surface area contributed by atoms with Gasteiger partial charge in [0, 0.05) is 5.69 Å². The Morgan fingerprint density at radius 1 is 1.00 bits per heavy atom. The molecule has 0 heterocycles. The summed E-state index contributed by atoms with van der Waals surface area (Å²) in [6, 6.07) is 19.8. The summed E-state index contributed by atoms with van der Waals surface area (Å²) in [6.07, 6.45) is 0. The van der Waals surface area contributed by atoms with E-state index in [9.17, 15) is 4.79 Å². The number of rotatable bonds is 5. The molecular formula is C18H22N2O. The molecule has 3 heteroatoms. The lowest BCUT2D eigenvalue weighted by atomic mass is 10.0. The molecule has 110 valence electrons. The van der Waals surface area contributed by atoms with E-state index in [-0.39, 0.29) is 5.91 Å². The number of nitrogens with zero attached hydrogens (tertiary/aromatic N) is 1. The van der Waals surface area contributed by atoms with Crippen LogP contribution < -0.4 is 10.2 Å². The van der Waals surface area contributed by atoms with Crippen molar-refractivity contribution < 1.29 is 4.79 Å². The van der Waals surface area contributed by atoms with Crippen LogP contribution in [0.5, 0.6) is 0 Å². The molecule has 3 nitrogen and oxygen atoms in total. The molecule has 0 saturated carbocycles. The second-order valence-electron chi connectivity index (χ2n) is 5.59. The maximum Gasteiger partial charge on any atom is 0.247 e. The topological polar surface area (TPSA) is 32.3 Å². The fourth-order valence-electron chi connectivity index (χ4n) is 2.10. The van der Waals surface area contributed by atoms with Gasteiger partial charge in [0.25, 0.3) is 0 Å². The average molecular weight is 282 g/mol. The van der Waals surface area contributed by atoms with E-state index < -0.39 is 5.54 Å². The summed E-state index contributed by atoms with van der Waals surface area (Å²) in [5.74, 6) is 0.0556. The van der Waals surface area contributed by atoms with E-state index in [4.69, 9.17) is 0 Å². The highest BCUT2D eigenvalue weighted by molar-refractivity contribution is 5.99. The molecule has 0 unspecified atom stereocenters. The normalized spacial score (nSPS) is 11.2. The maximum atomic E-state index is 12.9. The van der Waals surface area contributed by atoms with E-state index in [1.807, 2.05) is 86.5 Å². The van der Waals surface area contributed by atoms with Crippen LogP contribution in [0.4, 0.5) is 5.69 Å². The molecule has 1 amide bonds. The monoisotopic (exact) mass is 282 g/mol. The standard InChI is InChI=1S/C18H22N2O/c1-18(2,19-3)17(21)20(16-12-8-5-9-13-16)14-15-10-6-4-7-11-15/h4-13,19H,14H2,1-3H3. The Morgan fingerprint density at radius 2 is 1.52 bits per heavy atom. The molecule has 0 radical (unpaired) electrons. The van der Waals surface area contributed by atoms with E-state index in [2.05, 4.69) is 5.32 Å². The van der Waals surface area contributed by atoms with E-state index in [0.717, 1.165) is 11.3 Å². The smallest absolute Gasteiger partial charge is 0.247 e. The number of carbonyl (C=O) groups is 1. The van der Waals surface area contributed by atoms with Crippen LogP contribution in [-0.2, 0) is 11.3 Å². The first-order valence-corrected chi connectivity index (χ1v) is 7.14. The van der Waals surface area contributed by atoms with Crippen molar-refractivity contribution in [2.75, 3.05) is 11.9 Å². The van der Waals surface area contributed by atoms with Crippen LogP contribution in [0.25, 0.3) is 0 Å². The van der Waals surface area contributed by atoms with Crippen molar-refractivity contribution in [1.82, 2.24) is 5.32 Å². The lowest BCUT2D eigenvalue weighted by Crippen LogP contribution is -2.52. The molecule has 1 N–H and O–H groups in total. The zero-order valence-corrected chi connectivity index (χ0v) is 12.8. The third-order valence-corrected chi connectivity index (χ3v) is 3.66. The van der Waals surface area contributed by atoms with Gasteiger partial charge in [-0.15, -0.1) is 0 Å². The third-order valence-electron chi connectivity index (χ3n) is 3.66. The number of hydrogen-bond acceptors (Lipinski definition) is 2. The van der Waals surface area contributed by atoms with Gasteiger partial charge in [-0.25, -0.2) is 0 Å². The van der Waals surface area contributed by atoms with Gasteiger partial charge in [-0.3, -0.25) is 4.79 Å². The molecule has 0 aliphatic heterocycles. The summed E-state index contributed by atoms with van der Waals surface area (Å²) in [4.78, 5) is 14.7. The number of anilines is 1. The van der Waals surface area contributed by atoms with E-state index in [1.165, 1.54) is 0 Å². The summed E-state index contributed by atoms with van der Waals surface area (Å²) in [5.41, 5.74) is 1.42. The molecule has 21 heavy (non-hydrogen) atoms. The Labute approximate surface area is 126 Å². The van der Waals surface area contributed by atoms with E-state index in [0.29, 0.717) is 6.54 Å². The molecule has 2 aromatic carbocycles. The Kier molecular flexibility index (Phi) is 4.76. The fourth-order valence-corrected chi connectivity index (χ4v) is 2.10. The first-order chi connectivity index (χ1) is 10.0.